The molecule has 1 atom stereocenters. The van der Waals surface area contributed by atoms with E-state index in [0.29, 0.717) is 0 Å². The SMILES string of the molecule is NC(=O)C(Br)I. The molecule has 36 valence electrons. The molecule has 0 aliphatic heterocycles. The van der Waals surface area contributed by atoms with Gasteiger partial charge in [0, 0.05) is 0 Å². The molecule has 0 aliphatic rings. The van der Waals surface area contributed by atoms with Crippen molar-refractivity contribution in [2.24, 2.45) is 5.73 Å². The number of nitrogens with two attached hydrogens (primary N) is 1. The van der Waals surface area contributed by atoms with Crippen LogP contribution >= 0.6 is 38.5 Å². The average Bonchev–Trinajstić information content (AvgIpc) is 1.36. The summed E-state index contributed by atoms with van der Waals surface area (Å²) in [6.45, 7) is 0. The lowest BCUT2D eigenvalue weighted by atomic mass is 10.8. The summed E-state index contributed by atoms with van der Waals surface area (Å²) in [7, 11) is 0. The van der Waals surface area contributed by atoms with Crippen molar-refractivity contribution in [3.63, 3.8) is 0 Å². The maximum atomic E-state index is 9.87. The minimum Gasteiger partial charge on any atom is -0.368 e. The van der Waals surface area contributed by atoms with Crippen LogP contribution in [0.3, 0.4) is 0 Å². The van der Waals surface area contributed by atoms with Crippen LogP contribution < -0.4 is 5.73 Å². The Labute approximate surface area is 57.7 Å². The van der Waals surface area contributed by atoms with E-state index < -0.39 is 0 Å². The second kappa shape index (κ2) is 2.79. The summed E-state index contributed by atoms with van der Waals surface area (Å²) in [4.78, 5) is 9.87. The number of primary amides is 1. The Morgan fingerprint density at radius 3 is 2.17 bits per heavy atom. The summed E-state index contributed by atoms with van der Waals surface area (Å²) in [5.74, 6) is -0.337. The van der Waals surface area contributed by atoms with Gasteiger partial charge in [0.15, 0.2) is 0 Å². The van der Waals surface area contributed by atoms with Crippen LogP contribution in [0.1, 0.15) is 0 Å². The van der Waals surface area contributed by atoms with Crippen molar-refractivity contribution in [3.05, 3.63) is 0 Å². The van der Waals surface area contributed by atoms with E-state index >= 15 is 0 Å². The van der Waals surface area contributed by atoms with Crippen molar-refractivity contribution in [1.82, 2.24) is 0 Å². The summed E-state index contributed by atoms with van der Waals surface area (Å²) in [6.07, 6.45) is 0. The third-order valence-electron chi connectivity index (χ3n) is 0.215. The lowest BCUT2D eigenvalue weighted by molar-refractivity contribution is -0.115. The van der Waals surface area contributed by atoms with Gasteiger partial charge in [0.1, 0.15) is 2.83 Å². The molecule has 0 aromatic heterocycles. The smallest absolute Gasteiger partial charge is 0.241 e. The zero-order chi connectivity index (χ0) is 5.15. The Bertz CT molecular complexity index is 64.6. The summed E-state index contributed by atoms with van der Waals surface area (Å²) >= 11 is 4.83. The minimum atomic E-state index is -0.337. The third kappa shape index (κ3) is 2.89. The largest absolute Gasteiger partial charge is 0.368 e. The van der Waals surface area contributed by atoms with Gasteiger partial charge in [-0.05, 0) is 0 Å². The van der Waals surface area contributed by atoms with Crippen LogP contribution in [0.4, 0.5) is 0 Å². The van der Waals surface area contributed by atoms with E-state index in [0.717, 1.165) is 0 Å². The quantitative estimate of drug-likeness (QED) is 0.547. The van der Waals surface area contributed by atoms with Gasteiger partial charge in [-0.2, -0.15) is 0 Å². The van der Waals surface area contributed by atoms with Crippen LogP contribution in [-0.2, 0) is 4.79 Å². The molecule has 0 saturated heterocycles. The van der Waals surface area contributed by atoms with Gasteiger partial charge in [-0.3, -0.25) is 4.79 Å². The first-order chi connectivity index (χ1) is 2.64. The van der Waals surface area contributed by atoms with E-state index in [2.05, 4.69) is 15.9 Å². The summed E-state index contributed by atoms with van der Waals surface area (Å²) in [5.41, 5.74) is 4.74. The van der Waals surface area contributed by atoms with Gasteiger partial charge in [0.05, 0.1) is 0 Å². The van der Waals surface area contributed by atoms with Gasteiger partial charge >= 0.3 is 0 Å². The van der Waals surface area contributed by atoms with Crippen molar-refractivity contribution < 1.29 is 4.79 Å². The number of hydrogen-bond donors (Lipinski definition) is 1. The molecule has 0 rings (SSSR count). The molecule has 0 radical (unpaired) electrons. The number of rotatable bonds is 1. The molecule has 0 aromatic rings. The molecule has 4 heteroatoms. The molecule has 0 bridgehead atoms. The Hall–Kier alpha value is 0.680. The monoisotopic (exact) mass is 263 g/mol. The molecule has 0 aromatic carbocycles. The fourth-order valence-electron chi connectivity index (χ4n) is 0. The molecule has 0 spiro atoms. The van der Waals surface area contributed by atoms with Crippen LogP contribution in [0.5, 0.6) is 0 Å². The highest BCUT2D eigenvalue weighted by molar-refractivity contribution is 14.1. The van der Waals surface area contributed by atoms with Crippen LogP contribution in [0, 0.1) is 0 Å². The molecule has 1 amide bonds. The molecule has 2 N–H and O–H groups in total. The highest BCUT2D eigenvalue weighted by Gasteiger charge is 2.01. The molecule has 0 heterocycles. The van der Waals surface area contributed by atoms with Crippen LogP contribution in [0.25, 0.3) is 0 Å². The van der Waals surface area contributed by atoms with Gasteiger partial charge in [-0.25, -0.2) is 0 Å². The molecule has 2 nitrogen and oxygen atoms in total. The summed E-state index contributed by atoms with van der Waals surface area (Å²) in [5, 5.41) is 0. The Kier molecular flexibility index (Phi) is 3.10. The lowest BCUT2D eigenvalue weighted by Gasteiger charge is -1.86. The van der Waals surface area contributed by atoms with E-state index in [4.69, 9.17) is 5.73 Å². The minimum absolute atomic E-state index is 0.227. The predicted molar refractivity (Wildman–Crippen MR) is 35.9 cm³/mol. The van der Waals surface area contributed by atoms with Gasteiger partial charge in [-0.15, -0.1) is 0 Å². The number of halogens is 2. The number of carbonyl (C=O) groups is 1. The van der Waals surface area contributed by atoms with Gasteiger partial charge in [-0.1, -0.05) is 38.5 Å². The predicted octanol–water partition coefficient (Wildman–Crippen LogP) is 0.628. The van der Waals surface area contributed by atoms with Crippen molar-refractivity contribution in [2.75, 3.05) is 0 Å². The molecule has 0 fully saturated rings. The normalized spacial score (nSPS) is 13.7. The molecular formula is C2H3BrINO. The van der Waals surface area contributed by atoms with E-state index in [1.165, 1.54) is 0 Å². The van der Waals surface area contributed by atoms with Crippen molar-refractivity contribution in [2.45, 2.75) is 2.83 Å². The Morgan fingerprint density at radius 2 is 2.17 bits per heavy atom. The number of amides is 1. The number of carbonyl (C=O) groups excluding carboxylic acids is 1. The zero-order valence-corrected chi connectivity index (χ0v) is 6.56. The first-order valence-corrected chi connectivity index (χ1v) is 3.38. The molecule has 0 saturated carbocycles. The summed E-state index contributed by atoms with van der Waals surface area (Å²) < 4.78 is -0.227. The van der Waals surface area contributed by atoms with Crippen molar-refractivity contribution in [1.29, 1.82) is 0 Å². The van der Waals surface area contributed by atoms with E-state index in [1.54, 1.807) is 0 Å². The first kappa shape index (κ1) is 6.68. The average molecular weight is 264 g/mol. The van der Waals surface area contributed by atoms with Crippen molar-refractivity contribution >= 4 is 44.4 Å². The van der Waals surface area contributed by atoms with Gasteiger partial charge in [0.25, 0.3) is 0 Å². The Morgan fingerprint density at radius 1 is 2.00 bits per heavy atom. The van der Waals surface area contributed by atoms with Crippen molar-refractivity contribution in [3.8, 4) is 0 Å². The second-order valence-electron chi connectivity index (χ2n) is 0.703. The summed E-state index contributed by atoms with van der Waals surface area (Å²) in [6, 6.07) is 0. The van der Waals surface area contributed by atoms with E-state index in [9.17, 15) is 4.79 Å². The lowest BCUT2D eigenvalue weighted by Crippen LogP contribution is -2.17. The molecule has 0 aliphatic carbocycles. The highest BCUT2D eigenvalue weighted by atomic mass is 127. The fourth-order valence-corrected chi connectivity index (χ4v) is 0. The van der Waals surface area contributed by atoms with E-state index in [1.807, 2.05) is 22.6 Å². The van der Waals surface area contributed by atoms with Gasteiger partial charge in [0.2, 0.25) is 5.91 Å². The molecular weight excluding hydrogens is 261 g/mol. The van der Waals surface area contributed by atoms with Crippen LogP contribution in [0.15, 0.2) is 0 Å². The first-order valence-electron chi connectivity index (χ1n) is 1.22. The standard InChI is InChI=1S/C2H3BrINO/c3-1(4)2(5)6/h1H,(H2,5,6). The number of alkyl halides is 2. The second-order valence-corrected chi connectivity index (χ2v) is 4.58. The maximum Gasteiger partial charge on any atom is 0.241 e. The Balaban J connectivity index is 3.26. The highest BCUT2D eigenvalue weighted by Crippen LogP contribution is 2.05. The topological polar surface area (TPSA) is 43.1 Å². The van der Waals surface area contributed by atoms with Crippen LogP contribution in [-0.4, -0.2) is 8.74 Å². The van der Waals surface area contributed by atoms with Crippen LogP contribution in [0.2, 0.25) is 0 Å². The molecule has 1 unspecified atom stereocenters. The number of hydrogen-bond acceptors (Lipinski definition) is 1. The maximum absolute atomic E-state index is 9.87. The van der Waals surface area contributed by atoms with E-state index in [-0.39, 0.29) is 8.74 Å². The fraction of sp³-hybridized carbons (Fsp3) is 0.500. The van der Waals surface area contributed by atoms with Gasteiger partial charge < -0.3 is 5.73 Å². The zero-order valence-electron chi connectivity index (χ0n) is 2.82. The third-order valence-corrected chi connectivity index (χ3v) is 1.28. The molecule has 6 heavy (non-hydrogen) atoms.